The number of hydrogen-bond donors (Lipinski definition) is 3. The van der Waals surface area contributed by atoms with Gasteiger partial charge in [-0.3, -0.25) is 4.90 Å². The second-order valence-corrected chi connectivity index (χ2v) is 8.77. The minimum atomic E-state index is -0.221. The number of hydrogen-bond acceptors (Lipinski definition) is 6. The molecule has 180 valence electrons. The number of anilines is 1. The van der Waals surface area contributed by atoms with Crippen molar-refractivity contribution in [2.24, 2.45) is 10.7 Å². The Morgan fingerprint density at radius 1 is 1.12 bits per heavy atom. The summed E-state index contributed by atoms with van der Waals surface area (Å²) in [5.74, 6) is 1.48. The monoisotopic (exact) mass is 482 g/mol. The van der Waals surface area contributed by atoms with Crippen LogP contribution in [-0.2, 0) is 6.61 Å². The number of nitrogens with one attached hydrogen (secondary N) is 2. The van der Waals surface area contributed by atoms with Crippen LogP contribution in [0.5, 0.6) is 5.75 Å². The molecule has 2 aromatic carbocycles. The van der Waals surface area contributed by atoms with Crippen LogP contribution in [0.15, 0.2) is 65.4 Å². The van der Waals surface area contributed by atoms with Crippen molar-refractivity contribution in [3.05, 3.63) is 71.0 Å². The zero-order chi connectivity index (χ0) is 23.8. The number of amides is 2. The van der Waals surface area contributed by atoms with E-state index in [9.17, 15) is 4.79 Å². The van der Waals surface area contributed by atoms with E-state index in [4.69, 9.17) is 22.1 Å². The quantitative estimate of drug-likeness (QED) is 0.528. The van der Waals surface area contributed by atoms with Gasteiger partial charge < -0.3 is 26.0 Å². The van der Waals surface area contributed by atoms with Gasteiger partial charge in [0, 0.05) is 24.9 Å². The average molecular weight is 483 g/mol. The van der Waals surface area contributed by atoms with Gasteiger partial charge in [0.1, 0.15) is 30.7 Å². The minimum Gasteiger partial charge on any atom is -0.487 e. The molecule has 2 aromatic rings. The molecule has 0 unspecified atom stereocenters. The molecule has 0 radical (unpaired) electrons. The molecule has 4 rings (SSSR count). The summed E-state index contributed by atoms with van der Waals surface area (Å²) < 4.78 is 5.85. The molecule has 4 N–H and O–H groups in total. The molecular formula is C25H31ClN6O2. The number of nitrogens with zero attached hydrogens (tertiary/aromatic N) is 3. The Hall–Kier alpha value is -3.23. The molecule has 0 aromatic heterocycles. The molecule has 1 fully saturated rings. The maximum absolute atomic E-state index is 12.8. The number of piperidine rings is 1. The molecule has 2 amide bonds. The molecule has 0 bridgehead atoms. The summed E-state index contributed by atoms with van der Waals surface area (Å²) in [7, 11) is 0. The highest BCUT2D eigenvalue weighted by Crippen LogP contribution is 2.29. The molecule has 0 saturated carbocycles. The van der Waals surface area contributed by atoms with Crippen LogP contribution in [-0.4, -0.2) is 54.5 Å². The number of urea groups is 1. The summed E-state index contributed by atoms with van der Waals surface area (Å²) in [5.41, 5.74) is 7.68. The van der Waals surface area contributed by atoms with E-state index in [1.165, 1.54) is 24.2 Å². The normalized spacial score (nSPS) is 16.4. The lowest BCUT2D eigenvalue weighted by atomic mass is 10.1. The van der Waals surface area contributed by atoms with E-state index in [2.05, 4.69) is 20.5 Å². The molecule has 34 heavy (non-hydrogen) atoms. The maximum atomic E-state index is 12.8. The number of likely N-dealkylation sites (tertiary alicyclic amines) is 1. The zero-order valence-corrected chi connectivity index (χ0v) is 19.9. The number of carbonyl (C=O) groups is 1. The molecule has 8 nitrogen and oxygen atoms in total. The molecule has 0 atom stereocenters. The van der Waals surface area contributed by atoms with E-state index in [0.717, 1.165) is 25.2 Å². The molecule has 0 spiro atoms. The van der Waals surface area contributed by atoms with Crippen LogP contribution in [0.1, 0.15) is 24.8 Å². The van der Waals surface area contributed by atoms with Crippen molar-refractivity contribution in [2.45, 2.75) is 25.9 Å². The zero-order valence-electron chi connectivity index (χ0n) is 19.2. The smallest absolute Gasteiger partial charge is 0.324 e. The second-order valence-electron chi connectivity index (χ2n) is 8.36. The van der Waals surface area contributed by atoms with Crippen molar-refractivity contribution < 1.29 is 9.53 Å². The summed E-state index contributed by atoms with van der Waals surface area (Å²) >= 11 is 6.45. The first-order valence-corrected chi connectivity index (χ1v) is 12.0. The first-order valence-electron chi connectivity index (χ1n) is 11.6. The molecule has 2 heterocycles. The SMILES string of the molecule is NC1=NCN(C(=O)NCCN2CCCCC2)C(Nc2ccc(OCc3ccccc3)c(Cl)c2)=C1. The van der Waals surface area contributed by atoms with Gasteiger partial charge in [-0.05, 0) is 49.7 Å². The molecule has 2 aliphatic heterocycles. The minimum absolute atomic E-state index is 0.145. The van der Waals surface area contributed by atoms with Gasteiger partial charge in [-0.2, -0.15) is 0 Å². The Balaban J connectivity index is 1.34. The average Bonchev–Trinajstić information content (AvgIpc) is 2.85. The Morgan fingerprint density at radius 3 is 2.68 bits per heavy atom. The largest absolute Gasteiger partial charge is 0.487 e. The van der Waals surface area contributed by atoms with Gasteiger partial charge in [0.05, 0.1) is 5.02 Å². The Labute approximate surface area is 205 Å². The lowest BCUT2D eigenvalue weighted by molar-refractivity contribution is 0.203. The van der Waals surface area contributed by atoms with Crippen molar-refractivity contribution in [3.63, 3.8) is 0 Å². The number of ether oxygens (including phenoxy) is 1. The summed E-state index contributed by atoms with van der Waals surface area (Å²) in [6.45, 7) is 4.19. The van der Waals surface area contributed by atoms with Gasteiger partial charge in [-0.25, -0.2) is 9.79 Å². The van der Waals surface area contributed by atoms with Crippen LogP contribution in [0.3, 0.4) is 0 Å². The number of aliphatic imine (C=N–C) groups is 1. The highest BCUT2D eigenvalue weighted by Gasteiger charge is 2.22. The third-order valence-electron chi connectivity index (χ3n) is 5.81. The standard InChI is InChI=1S/C25H31ClN6O2/c26-21-15-20(9-10-22(21)34-17-19-7-3-1-4-8-19)30-24-16-23(27)29-18-32(24)25(33)28-11-14-31-12-5-2-6-13-31/h1,3-4,7-10,15-16,30H,2,5-6,11-14,17-18H2,(H2,27,29)(H,28,33). The van der Waals surface area contributed by atoms with E-state index >= 15 is 0 Å². The van der Waals surface area contributed by atoms with E-state index in [1.54, 1.807) is 18.2 Å². The van der Waals surface area contributed by atoms with Gasteiger partial charge in [0.2, 0.25) is 0 Å². The van der Waals surface area contributed by atoms with Crippen LogP contribution >= 0.6 is 11.6 Å². The fraction of sp³-hybridized carbons (Fsp3) is 0.360. The van der Waals surface area contributed by atoms with E-state index < -0.39 is 0 Å². The molecule has 0 aliphatic carbocycles. The lowest BCUT2D eigenvalue weighted by Crippen LogP contribution is -2.46. The van der Waals surface area contributed by atoms with E-state index in [1.807, 2.05) is 36.4 Å². The first-order chi connectivity index (χ1) is 16.6. The highest BCUT2D eigenvalue weighted by molar-refractivity contribution is 6.32. The van der Waals surface area contributed by atoms with Crippen LogP contribution < -0.4 is 21.1 Å². The fourth-order valence-corrected chi connectivity index (χ4v) is 4.18. The highest BCUT2D eigenvalue weighted by atomic mass is 35.5. The topological polar surface area (TPSA) is 95.2 Å². The summed E-state index contributed by atoms with van der Waals surface area (Å²) in [6.07, 6.45) is 5.38. The Bertz CT molecular complexity index is 1040. The van der Waals surface area contributed by atoms with Crippen molar-refractivity contribution >= 4 is 29.2 Å². The number of rotatable bonds is 8. The molecule has 1 saturated heterocycles. The van der Waals surface area contributed by atoms with Crippen molar-refractivity contribution in [3.8, 4) is 5.75 Å². The second kappa shape index (κ2) is 11.8. The van der Waals surface area contributed by atoms with Crippen LogP contribution in [0.4, 0.5) is 10.5 Å². The van der Waals surface area contributed by atoms with Gasteiger partial charge in [-0.1, -0.05) is 48.4 Å². The van der Waals surface area contributed by atoms with Gasteiger partial charge in [-0.15, -0.1) is 0 Å². The lowest BCUT2D eigenvalue weighted by Gasteiger charge is -2.29. The summed E-state index contributed by atoms with van der Waals surface area (Å²) in [6, 6.07) is 15.1. The predicted octanol–water partition coefficient (Wildman–Crippen LogP) is 4.00. The van der Waals surface area contributed by atoms with Gasteiger partial charge in [0.15, 0.2) is 0 Å². The number of nitrogens with two attached hydrogens (primary N) is 1. The third-order valence-corrected chi connectivity index (χ3v) is 6.11. The maximum Gasteiger partial charge on any atom is 0.324 e. The summed E-state index contributed by atoms with van der Waals surface area (Å²) in [4.78, 5) is 21.0. The fourth-order valence-electron chi connectivity index (χ4n) is 3.95. The summed E-state index contributed by atoms with van der Waals surface area (Å²) in [5, 5.41) is 6.70. The molecule has 2 aliphatic rings. The van der Waals surface area contributed by atoms with Crippen LogP contribution in [0.2, 0.25) is 5.02 Å². The third kappa shape index (κ3) is 6.65. The van der Waals surface area contributed by atoms with Crippen molar-refractivity contribution in [1.82, 2.24) is 15.1 Å². The van der Waals surface area contributed by atoms with Gasteiger partial charge >= 0.3 is 6.03 Å². The first kappa shape index (κ1) is 23.9. The number of halogens is 1. The van der Waals surface area contributed by atoms with Crippen molar-refractivity contribution in [2.75, 3.05) is 38.2 Å². The Kier molecular flexibility index (Phi) is 8.27. The van der Waals surface area contributed by atoms with E-state index in [-0.39, 0.29) is 12.7 Å². The number of carbonyl (C=O) groups excluding carboxylic acids is 1. The number of benzene rings is 2. The number of amidine groups is 1. The van der Waals surface area contributed by atoms with Gasteiger partial charge in [0.25, 0.3) is 0 Å². The van der Waals surface area contributed by atoms with Crippen molar-refractivity contribution in [1.29, 1.82) is 0 Å². The molecule has 9 heteroatoms. The van der Waals surface area contributed by atoms with E-state index in [0.29, 0.717) is 41.3 Å². The predicted molar refractivity (Wildman–Crippen MR) is 136 cm³/mol. The van der Waals surface area contributed by atoms with Crippen LogP contribution in [0.25, 0.3) is 0 Å². The molecular weight excluding hydrogens is 452 g/mol. The van der Waals surface area contributed by atoms with Crippen LogP contribution in [0, 0.1) is 0 Å². The Morgan fingerprint density at radius 2 is 1.91 bits per heavy atom.